The van der Waals surface area contributed by atoms with Gasteiger partial charge < -0.3 is 0 Å². The average molecular weight is 395 g/mol. The van der Waals surface area contributed by atoms with Gasteiger partial charge in [-0.1, -0.05) is 0 Å². The summed E-state index contributed by atoms with van der Waals surface area (Å²) in [5.41, 5.74) is -0.288. The Balaban J connectivity index is 2.52. The summed E-state index contributed by atoms with van der Waals surface area (Å²) in [5, 5.41) is 0. The Morgan fingerprint density at radius 3 is 1.88 bits per heavy atom. The van der Waals surface area contributed by atoms with Crippen molar-refractivity contribution in [3.8, 4) is 0 Å². The van der Waals surface area contributed by atoms with Gasteiger partial charge in [0.1, 0.15) is 0 Å². The van der Waals surface area contributed by atoms with Crippen molar-refractivity contribution in [3.05, 3.63) is 34.8 Å². The Kier molecular flexibility index (Phi) is 5.16. The van der Waals surface area contributed by atoms with Gasteiger partial charge in [-0.25, -0.2) is 0 Å². The standard InChI is InChI=1S/C19H24O4Se/c1-18(2,3)22-16(20)15(17(21)23-19(4,5)6)24-12-11-13-9-7-8-10-14(13)24/h7-12H,1-6H3. The SMILES string of the molecule is CC(C)(C)OC(=O)C(C(=O)OC(C)(C)C)=[Se]1C=Cc2ccccc21. The van der Waals surface area contributed by atoms with E-state index in [1.807, 2.05) is 35.3 Å². The molecule has 0 bridgehead atoms. The minimum absolute atomic E-state index is 0.140. The first-order chi connectivity index (χ1) is 11.0. The van der Waals surface area contributed by atoms with Crippen LogP contribution in [-0.4, -0.2) is 41.0 Å². The Labute approximate surface area is 147 Å². The van der Waals surface area contributed by atoms with Crippen LogP contribution in [0.4, 0.5) is 0 Å². The number of fused-ring (bicyclic) bond motifs is 1. The zero-order chi connectivity index (χ0) is 18.1. The van der Waals surface area contributed by atoms with Gasteiger partial charge in [0.05, 0.1) is 0 Å². The van der Waals surface area contributed by atoms with Gasteiger partial charge in [0.2, 0.25) is 0 Å². The summed E-state index contributed by atoms with van der Waals surface area (Å²) in [4.78, 5) is 27.4. The fourth-order valence-electron chi connectivity index (χ4n) is 2.12. The molecule has 0 fully saturated rings. The molecular formula is C19H24O4Se. The number of carbonyl (C=O) groups excluding carboxylic acids is 2. The second kappa shape index (κ2) is 6.65. The van der Waals surface area contributed by atoms with Crippen LogP contribution in [0.3, 0.4) is 0 Å². The first-order valence-electron chi connectivity index (χ1n) is 7.82. The van der Waals surface area contributed by atoms with E-state index < -0.39 is 36.6 Å². The first-order valence-corrected chi connectivity index (χ1v) is 10.5. The van der Waals surface area contributed by atoms with Gasteiger partial charge in [-0.2, -0.15) is 0 Å². The fraction of sp³-hybridized carbons (Fsp3) is 0.421. The number of hydrogen-bond acceptors (Lipinski definition) is 4. The second-order valence-corrected chi connectivity index (χ2v) is 11.3. The van der Waals surface area contributed by atoms with Crippen molar-refractivity contribution >= 4 is 40.4 Å². The van der Waals surface area contributed by atoms with E-state index in [0.29, 0.717) is 0 Å². The van der Waals surface area contributed by atoms with Crippen LogP contribution in [0, 0.1) is 0 Å². The van der Waals surface area contributed by atoms with Crippen LogP contribution in [0.25, 0.3) is 6.08 Å². The third kappa shape index (κ3) is 4.65. The number of benzene rings is 1. The van der Waals surface area contributed by atoms with Gasteiger partial charge in [0.15, 0.2) is 0 Å². The molecule has 0 amide bonds. The maximum absolute atomic E-state index is 12.7. The predicted octanol–water partition coefficient (Wildman–Crippen LogP) is 2.39. The molecule has 5 heteroatoms. The third-order valence-corrected chi connectivity index (χ3v) is 7.18. The number of rotatable bonds is 2. The summed E-state index contributed by atoms with van der Waals surface area (Å²) in [6.07, 6.45) is 1.97. The topological polar surface area (TPSA) is 52.6 Å². The molecule has 1 aromatic rings. The molecule has 0 radical (unpaired) electrons. The van der Waals surface area contributed by atoms with Crippen molar-refractivity contribution in [1.29, 1.82) is 0 Å². The van der Waals surface area contributed by atoms with Gasteiger partial charge >= 0.3 is 147 Å². The fourth-order valence-corrected chi connectivity index (χ4v) is 5.99. The van der Waals surface area contributed by atoms with Crippen LogP contribution < -0.4 is 4.46 Å². The molecule has 130 valence electrons. The zero-order valence-corrected chi connectivity index (χ0v) is 16.7. The van der Waals surface area contributed by atoms with Crippen LogP contribution in [0.2, 0.25) is 0 Å². The van der Waals surface area contributed by atoms with E-state index in [2.05, 4.69) is 0 Å². The van der Waals surface area contributed by atoms with Crippen LogP contribution in [0.5, 0.6) is 0 Å². The number of esters is 2. The van der Waals surface area contributed by atoms with E-state index in [4.69, 9.17) is 9.47 Å². The number of carbonyl (C=O) groups is 2. The molecule has 1 aliphatic heterocycles. The van der Waals surface area contributed by atoms with Crippen molar-refractivity contribution in [2.24, 2.45) is 0 Å². The van der Waals surface area contributed by atoms with Crippen molar-refractivity contribution in [2.45, 2.75) is 52.7 Å². The van der Waals surface area contributed by atoms with Crippen LogP contribution >= 0.6 is 0 Å². The van der Waals surface area contributed by atoms with Gasteiger partial charge in [0.25, 0.3) is 0 Å². The summed E-state index contributed by atoms with van der Waals surface area (Å²) < 4.78 is 12.1. The Hall–Kier alpha value is -1.71. The molecule has 1 atom stereocenters. The van der Waals surface area contributed by atoms with Crippen molar-refractivity contribution < 1.29 is 19.1 Å². The van der Waals surface area contributed by atoms with E-state index >= 15 is 0 Å². The zero-order valence-electron chi connectivity index (χ0n) is 15.0. The van der Waals surface area contributed by atoms with Gasteiger partial charge in [-0.3, -0.25) is 0 Å². The quantitative estimate of drug-likeness (QED) is 0.439. The molecule has 1 heterocycles. The Bertz CT molecular complexity index is 700. The van der Waals surface area contributed by atoms with Crippen LogP contribution in [-0.2, 0) is 19.1 Å². The Morgan fingerprint density at radius 2 is 1.38 bits per heavy atom. The molecule has 4 nitrogen and oxygen atoms in total. The summed E-state index contributed by atoms with van der Waals surface area (Å²) >= 11 is -1.94. The van der Waals surface area contributed by atoms with Gasteiger partial charge in [-0.05, 0) is 0 Å². The molecule has 0 aliphatic carbocycles. The van der Waals surface area contributed by atoms with E-state index in [1.54, 1.807) is 41.5 Å². The number of ether oxygens (including phenoxy) is 2. The molecule has 0 aromatic heterocycles. The average Bonchev–Trinajstić information content (AvgIpc) is 2.79. The molecule has 2 rings (SSSR count). The van der Waals surface area contributed by atoms with E-state index in [0.717, 1.165) is 10.0 Å². The van der Waals surface area contributed by atoms with Crippen molar-refractivity contribution in [2.75, 3.05) is 0 Å². The Morgan fingerprint density at radius 1 is 0.875 bits per heavy atom. The molecule has 0 saturated heterocycles. The molecular weight excluding hydrogens is 371 g/mol. The summed E-state index contributed by atoms with van der Waals surface area (Å²) in [6, 6.07) is 7.81. The predicted molar refractivity (Wildman–Crippen MR) is 97.6 cm³/mol. The molecule has 24 heavy (non-hydrogen) atoms. The van der Waals surface area contributed by atoms with Crippen molar-refractivity contribution in [1.82, 2.24) is 0 Å². The monoisotopic (exact) mass is 396 g/mol. The van der Waals surface area contributed by atoms with Crippen LogP contribution in [0.1, 0.15) is 47.1 Å². The summed E-state index contributed by atoms with van der Waals surface area (Å²) in [5.74, 6) is -1.16. The molecule has 1 unspecified atom stereocenters. The first kappa shape index (κ1) is 18.6. The van der Waals surface area contributed by atoms with Crippen molar-refractivity contribution in [3.63, 3.8) is 0 Å². The molecule has 0 N–H and O–H groups in total. The molecule has 1 aliphatic rings. The van der Waals surface area contributed by atoms with Gasteiger partial charge in [-0.15, -0.1) is 0 Å². The van der Waals surface area contributed by atoms with E-state index in [9.17, 15) is 9.59 Å². The minimum atomic E-state index is -1.94. The maximum atomic E-state index is 12.7. The van der Waals surface area contributed by atoms with E-state index in [-0.39, 0.29) is 4.42 Å². The molecule has 0 saturated carbocycles. The summed E-state index contributed by atoms with van der Waals surface area (Å²) in [7, 11) is 0. The van der Waals surface area contributed by atoms with Gasteiger partial charge in [0, 0.05) is 0 Å². The second-order valence-electron chi connectivity index (χ2n) is 7.51. The van der Waals surface area contributed by atoms with E-state index in [1.165, 1.54) is 0 Å². The van der Waals surface area contributed by atoms with Crippen LogP contribution in [0.15, 0.2) is 29.2 Å². The third-order valence-electron chi connectivity index (χ3n) is 2.93. The molecule has 1 aromatic carbocycles. The normalized spacial score (nSPS) is 16.5. The summed E-state index contributed by atoms with van der Waals surface area (Å²) in [6.45, 7) is 10.7. The molecule has 0 spiro atoms. The number of hydrogen-bond donors (Lipinski definition) is 0.